The molecule has 1 aromatic heterocycles. The Bertz CT molecular complexity index is 821. The van der Waals surface area contributed by atoms with E-state index < -0.39 is 0 Å². The summed E-state index contributed by atoms with van der Waals surface area (Å²) in [6, 6.07) is 18.6. The molecule has 138 valence electrons. The number of rotatable bonds is 6. The van der Waals surface area contributed by atoms with E-state index in [2.05, 4.69) is 62.9 Å². The molecule has 1 heterocycles. The third-order valence-corrected chi connectivity index (χ3v) is 4.09. The summed E-state index contributed by atoms with van der Waals surface area (Å²) in [4.78, 5) is 12.2. The first-order valence-corrected chi connectivity index (χ1v) is 9.11. The van der Waals surface area contributed by atoms with Crippen LogP contribution in [0.1, 0.15) is 27.7 Å². The van der Waals surface area contributed by atoms with Crippen LogP contribution in [0.25, 0.3) is 22.3 Å². The van der Waals surface area contributed by atoms with Gasteiger partial charge in [0.15, 0.2) is 5.82 Å². The van der Waals surface area contributed by atoms with Gasteiger partial charge in [0, 0.05) is 24.0 Å². The number of halogens is 1. The van der Waals surface area contributed by atoms with Crippen molar-refractivity contribution in [2.24, 2.45) is 11.8 Å². The van der Waals surface area contributed by atoms with Gasteiger partial charge in [-0.05, 0) is 24.0 Å². The number of para-hydroxylation sites is 1. The molecule has 0 unspecified atom stereocenters. The van der Waals surface area contributed by atoms with E-state index in [-0.39, 0.29) is 12.4 Å². The molecule has 3 rings (SSSR count). The van der Waals surface area contributed by atoms with Gasteiger partial charge in [0.05, 0.1) is 5.52 Å². The van der Waals surface area contributed by atoms with Crippen LogP contribution in [0.5, 0.6) is 0 Å². The van der Waals surface area contributed by atoms with E-state index in [4.69, 9.17) is 9.97 Å². The average molecular weight is 369 g/mol. The molecule has 0 N–H and O–H groups in total. The number of benzene rings is 2. The van der Waals surface area contributed by atoms with Crippen LogP contribution in [0, 0.1) is 11.8 Å². The van der Waals surface area contributed by atoms with Gasteiger partial charge in [0.25, 0.3) is 0 Å². The van der Waals surface area contributed by atoms with Gasteiger partial charge in [-0.2, -0.15) is 0 Å². The van der Waals surface area contributed by atoms with Crippen LogP contribution < -0.4 is 17.3 Å². The lowest BCUT2D eigenvalue weighted by molar-refractivity contribution is -0.00000556. The molecule has 0 amide bonds. The summed E-state index contributed by atoms with van der Waals surface area (Å²) in [5.41, 5.74) is 2.06. The lowest BCUT2D eigenvalue weighted by Crippen LogP contribution is -3.00. The number of fused-ring (bicyclic) bond motifs is 1. The second-order valence-electron chi connectivity index (χ2n) is 7.45. The van der Waals surface area contributed by atoms with E-state index in [1.807, 2.05) is 24.3 Å². The highest BCUT2D eigenvalue weighted by Gasteiger charge is 2.17. The van der Waals surface area contributed by atoms with Gasteiger partial charge < -0.3 is 17.3 Å². The van der Waals surface area contributed by atoms with E-state index in [0.29, 0.717) is 11.8 Å². The van der Waals surface area contributed by atoms with Crippen molar-refractivity contribution in [1.82, 2.24) is 9.97 Å². The molecule has 0 aliphatic carbocycles. The topological polar surface area (TPSA) is 29.0 Å². The summed E-state index contributed by atoms with van der Waals surface area (Å²) in [6.07, 6.45) is 0. The third kappa shape index (κ3) is 4.73. The fourth-order valence-corrected chi connectivity index (χ4v) is 3.15. The molecule has 0 radical (unpaired) electrons. The van der Waals surface area contributed by atoms with Crippen LogP contribution in [-0.2, 0) is 0 Å². The van der Waals surface area contributed by atoms with E-state index in [1.165, 1.54) is 0 Å². The van der Waals surface area contributed by atoms with Crippen molar-refractivity contribution in [3.8, 4) is 11.4 Å². The summed E-state index contributed by atoms with van der Waals surface area (Å²) in [7, 11) is 0. The molecule has 26 heavy (non-hydrogen) atoms. The minimum atomic E-state index is 0. The van der Waals surface area contributed by atoms with Crippen LogP contribution >= 0.6 is 0 Å². The van der Waals surface area contributed by atoms with E-state index in [1.54, 1.807) is 0 Å². The SMILES string of the molecule is CC(C)CN(CC(C)C)c1nc(-c2ccccc2)nc2ccccc12.[Cl-]. The van der Waals surface area contributed by atoms with Gasteiger partial charge in [-0.25, -0.2) is 9.97 Å². The second-order valence-corrected chi connectivity index (χ2v) is 7.45. The molecule has 4 heteroatoms. The maximum atomic E-state index is 4.99. The van der Waals surface area contributed by atoms with Crippen LogP contribution in [-0.4, -0.2) is 23.1 Å². The largest absolute Gasteiger partial charge is 1.00 e. The molecule has 0 atom stereocenters. The maximum Gasteiger partial charge on any atom is 0.162 e. The van der Waals surface area contributed by atoms with E-state index in [0.717, 1.165) is 41.2 Å². The van der Waals surface area contributed by atoms with Crippen LogP contribution in [0.4, 0.5) is 5.82 Å². The highest BCUT2D eigenvalue weighted by Crippen LogP contribution is 2.28. The van der Waals surface area contributed by atoms with E-state index >= 15 is 0 Å². The number of hydrogen-bond donors (Lipinski definition) is 0. The van der Waals surface area contributed by atoms with Gasteiger partial charge in [0.1, 0.15) is 5.82 Å². The monoisotopic (exact) mass is 368 g/mol. The maximum absolute atomic E-state index is 4.99. The first-order chi connectivity index (χ1) is 12.0. The lowest BCUT2D eigenvalue weighted by Gasteiger charge is -2.28. The van der Waals surface area contributed by atoms with Gasteiger partial charge in [-0.3, -0.25) is 0 Å². The summed E-state index contributed by atoms with van der Waals surface area (Å²) >= 11 is 0. The standard InChI is InChI=1S/C22H27N3.ClH/c1-16(2)14-25(15-17(3)4)22-19-12-8-9-13-20(19)23-21(24-22)18-10-6-5-7-11-18;/h5-13,16-17H,14-15H2,1-4H3;1H/p-1. The Balaban J connectivity index is 0.00000243. The number of aromatic nitrogens is 2. The molecule has 0 saturated heterocycles. The number of nitrogens with zero attached hydrogens (tertiary/aromatic N) is 3. The lowest BCUT2D eigenvalue weighted by atomic mass is 10.1. The van der Waals surface area contributed by atoms with Crippen LogP contribution in [0.2, 0.25) is 0 Å². The minimum absolute atomic E-state index is 0. The molecular formula is C22H27ClN3-. The molecular weight excluding hydrogens is 342 g/mol. The molecule has 0 aliphatic heterocycles. The van der Waals surface area contributed by atoms with Crippen molar-refractivity contribution in [1.29, 1.82) is 0 Å². The first kappa shape index (κ1) is 20.2. The van der Waals surface area contributed by atoms with E-state index in [9.17, 15) is 0 Å². The fraction of sp³-hybridized carbons (Fsp3) is 0.364. The third-order valence-electron chi connectivity index (χ3n) is 4.09. The smallest absolute Gasteiger partial charge is 0.162 e. The Morgan fingerprint density at radius 1 is 0.769 bits per heavy atom. The van der Waals surface area contributed by atoms with Crippen LogP contribution in [0.15, 0.2) is 54.6 Å². The van der Waals surface area contributed by atoms with Crippen molar-refractivity contribution in [3.05, 3.63) is 54.6 Å². The van der Waals surface area contributed by atoms with Crippen molar-refractivity contribution in [2.75, 3.05) is 18.0 Å². The predicted molar refractivity (Wildman–Crippen MR) is 107 cm³/mol. The number of hydrogen-bond acceptors (Lipinski definition) is 3. The quantitative estimate of drug-likeness (QED) is 0.669. The Hall–Kier alpha value is -2.13. The average Bonchev–Trinajstić information content (AvgIpc) is 2.60. The minimum Gasteiger partial charge on any atom is -1.00 e. The van der Waals surface area contributed by atoms with Crippen LogP contribution in [0.3, 0.4) is 0 Å². The normalized spacial score (nSPS) is 11.0. The summed E-state index contributed by atoms with van der Waals surface area (Å²) in [5.74, 6) is 3.00. The Morgan fingerprint density at radius 3 is 1.96 bits per heavy atom. The molecule has 2 aromatic carbocycles. The number of anilines is 1. The summed E-state index contributed by atoms with van der Waals surface area (Å²) < 4.78 is 0. The first-order valence-electron chi connectivity index (χ1n) is 9.11. The van der Waals surface area contributed by atoms with Gasteiger partial charge >= 0.3 is 0 Å². The zero-order chi connectivity index (χ0) is 17.8. The van der Waals surface area contributed by atoms with Gasteiger partial charge in [0.2, 0.25) is 0 Å². The Labute approximate surface area is 162 Å². The fourth-order valence-electron chi connectivity index (χ4n) is 3.15. The van der Waals surface area contributed by atoms with Crippen molar-refractivity contribution >= 4 is 16.7 Å². The predicted octanol–water partition coefficient (Wildman–Crippen LogP) is 2.42. The van der Waals surface area contributed by atoms with Gasteiger partial charge in [-0.1, -0.05) is 70.2 Å². The summed E-state index contributed by atoms with van der Waals surface area (Å²) in [5, 5.41) is 1.13. The zero-order valence-electron chi connectivity index (χ0n) is 16.0. The molecule has 0 aliphatic rings. The molecule has 0 spiro atoms. The van der Waals surface area contributed by atoms with Crippen molar-refractivity contribution in [2.45, 2.75) is 27.7 Å². The van der Waals surface area contributed by atoms with Gasteiger partial charge in [-0.15, -0.1) is 0 Å². The van der Waals surface area contributed by atoms with Crippen molar-refractivity contribution < 1.29 is 12.4 Å². The second kappa shape index (κ2) is 9.00. The molecule has 0 fully saturated rings. The molecule has 3 aromatic rings. The Kier molecular flexibility index (Phi) is 6.98. The Morgan fingerprint density at radius 2 is 1.35 bits per heavy atom. The molecule has 0 saturated carbocycles. The van der Waals surface area contributed by atoms with Crippen molar-refractivity contribution in [3.63, 3.8) is 0 Å². The molecule has 0 bridgehead atoms. The highest BCUT2D eigenvalue weighted by molar-refractivity contribution is 5.91. The molecule has 3 nitrogen and oxygen atoms in total. The summed E-state index contributed by atoms with van der Waals surface area (Å²) in [6.45, 7) is 11.0. The zero-order valence-corrected chi connectivity index (χ0v) is 16.7. The highest BCUT2D eigenvalue weighted by atomic mass is 35.5.